The van der Waals surface area contributed by atoms with E-state index in [9.17, 15) is 18.0 Å². The Bertz CT molecular complexity index is 719. The van der Waals surface area contributed by atoms with Crippen LogP contribution in [0.1, 0.15) is 43.6 Å². The van der Waals surface area contributed by atoms with Gasteiger partial charge in [-0.1, -0.05) is 36.6 Å². The van der Waals surface area contributed by atoms with E-state index in [1.807, 2.05) is 0 Å². The molecule has 3 rings (SSSR count). The lowest BCUT2D eigenvalue weighted by atomic mass is 9.89. The molecule has 1 fully saturated rings. The maximum absolute atomic E-state index is 12.6. The average molecular weight is 353 g/mol. The second-order valence-electron chi connectivity index (χ2n) is 6.14. The predicted octanol–water partition coefficient (Wildman–Crippen LogP) is 3.95. The van der Waals surface area contributed by atoms with E-state index in [4.69, 9.17) is 4.52 Å². The molecule has 0 radical (unpaired) electrons. The second kappa shape index (κ2) is 7.25. The van der Waals surface area contributed by atoms with Gasteiger partial charge in [-0.25, -0.2) is 0 Å². The van der Waals surface area contributed by atoms with E-state index in [1.165, 1.54) is 18.6 Å². The molecule has 1 saturated carbocycles. The quantitative estimate of drug-likeness (QED) is 0.904. The van der Waals surface area contributed by atoms with Crippen LogP contribution in [0.5, 0.6) is 0 Å². The van der Waals surface area contributed by atoms with Gasteiger partial charge < -0.3 is 9.84 Å². The molecule has 8 heteroatoms. The largest absolute Gasteiger partial charge is 0.416 e. The Morgan fingerprint density at radius 2 is 1.84 bits per heavy atom. The summed E-state index contributed by atoms with van der Waals surface area (Å²) in [5.41, 5.74) is -0.318. The molecule has 1 aromatic carbocycles. The van der Waals surface area contributed by atoms with Crippen LogP contribution < -0.4 is 5.32 Å². The summed E-state index contributed by atoms with van der Waals surface area (Å²) in [6, 6.07) is 4.52. The Kier molecular flexibility index (Phi) is 5.06. The lowest BCUT2D eigenvalue weighted by Crippen LogP contribution is -2.31. The van der Waals surface area contributed by atoms with E-state index in [-0.39, 0.29) is 30.1 Å². The van der Waals surface area contributed by atoms with Gasteiger partial charge in [-0.05, 0) is 25.0 Å². The first kappa shape index (κ1) is 17.4. The van der Waals surface area contributed by atoms with Crippen LogP contribution in [0.3, 0.4) is 0 Å². The molecule has 1 N–H and O–H groups in total. The summed E-state index contributed by atoms with van der Waals surface area (Å²) in [6.07, 6.45) is 0.709. The smallest absolute Gasteiger partial charge is 0.347 e. The third-order valence-corrected chi connectivity index (χ3v) is 4.33. The number of rotatable bonds is 4. The normalized spacial score (nSPS) is 16.0. The molecule has 1 aromatic heterocycles. The Hall–Kier alpha value is -2.38. The molecule has 1 heterocycles. The lowest BCUT2D eigenvalue weighted by molar-refractivity contribution is -0.137. The number of hydrogen-bond donors (Lipinski definition) is 1. The SMILES string of the molecule is O=C(NCc1nc(-c2ccc(C(F)(F)F)cc2)no1)C1CCCCC1. The lowest BCUT2D eigenvalue weighted by Gasteiger charge is -2.20. The zero-order valence-corrected chi connectivity index (χ0v) is 13.5. The van der Waals surface area contributed by atoms with Crippen molar-refractivity contribution in [2.75, 3.05) is 0 Å². The Morgan fingerprint density at radius 1 is 1.16 bits per heavy atom. The number of aromatic nitrogens is 2. The van der Waals surface area contributed by atoms with Gasteiger partial charge in [0.15, 0.2) is 0 Å². The number of benzene rings is 1. The van der Waals surface area contributed by atoms with Crippen molar-refractivity contribution in [2.24, 2.45) is 5.92 Å². The molecule has 0 aliphatic heterocycles. The zero-order chi connectivity index (χ0) is 17.9. The van der Waals surface area contributed by atoms with Crippen LogP contribution in [-0.2, 0) is 17.5 Å². The molecular formula is C17H18F3N3O2. The molecule has 134 valence electrons. The highest BCUT2D eigenvalue weighted by Crippen LogP contribution is 2.30. The summed E-state index contributed by atoms with van der Waals surface area (Å²) < 4.78 is 42.8. The number of amides is 1. The third kappa shape index (κ3) is 4.37. The number of halogens is 3. The van der Waals surface area contributed by atoms with E-state index < -0.39 is 11.7 Å². The number of hydrogen-bond acceptors (Lipinski definition) is 4. The number of carbonyl (C=O) groups excluding carboxylic acids is 1. The zero-order valence-electron chi connectivity index (χ0n) is 13.5. The molecule has 2 aromatic rings. The number of nitrogens with zero attached hydrogens (tertiary/aromatic N) is 2. The Labute approximate surface area is 142 Å². The van der Waals surface area contributed by atoms with Gasteiger partial charge in [-0.15, -0.1) is 0 Å². The highest BCUT2D eigenvalue weighted by Gasteiger charge is 2.30. The molecule has 5 nitrogen and oxygen atoms in total. The minimum atomic E-state index is -4.38. The molecule has 0 spiro atoms. The van der Waals surface area contributed by atoms with Crippen molar-refractivity contribution in [2.45, 2.75) is 44.8 Å². The molecule has 0 saturated heterocycles. The topological polar surface area (TPSA) is 68.0 Å². The third-order valence-electron chi connectivity index (χ3n) is 4.33. The van der Waals surface area contributed by atoms with Gasteiger partial charge in [-0.2, -0.15) is 18.2 Å². The molecule has 0 atom stereocenters. The van der Waals surface area contributed by atoms with Crippen molar-refractivity contribution in [3.63, 3.8) is 0 Å². The first-order valence-electron chi connectivity index (χ1n) is 8.21. The molecule has 25 heavy (non-hydrogen) atoms. The van der Waals surface area contributed by atoms with Crippen LogP contribution in [0.15, 0.2) is 28.8 Å². The monoisotopic (exact) mass is 353 g/mol. The standard InChI is InChI=1S/C17H18F3N3O2/c18-17(19,20)13-8-6-11(7-9-13)15-22-14(25-23-15)10-21-16(24)12-4-2-1-3-5-12/h6-9,12H,1-5,10H2,(H,21,24). The van der Waals surface area contributed by atoms with Crippen LogP contribution in [-0.4, -0.2) is 16.0 Å². The van der Waals surface area contributed by atoms with Crippen LogP contribution in [0.25, 0.3) is 11.4 Å². The Morgan fingerprint density at radius 3 is 2.48 bits per heavy atom. The highest BCUT2D eigenvalue weighted by atomic mass is 19.4. The van der Waals surface area contributed by atoms with Gasteiger partial charge in [-0.3, -0.25) is 4.79 Å². The number of carbonyl (C=O) groups is 1. The molecule has 0 bridgehead atoms. The van der Waals surface area contributed by atoms with E-state index in [0.717, 1.165) is 37.8 Å². The second-order valence-corrected chi connectivity index (χ2v) is 6.14. The maximum atomic E-state index is 12.6. The minimum absolute atomic E-state index is 0.0195. The van der Waals surface area contributed by atoms with Crippen LogP contribution in [0.4, 0.5) is 13.2 Å². The summed E-state index contributed by atoms with van der Waals surface area (Å²) in [6.45, 7) is 0.114. The molecule has 1 aliphatic carbocycles. The van der Waals surface area contributed by atoms with Gasteiger partial charge in [0.2, 0.25) is 17.6 Å². The number of alkyl halides is 3. The van der Waals surface area contributed by atoms with Gasteiger partial charge in [0.25, 0.3) is 0 Å². The van der Waals surface area contributed by atoms with E-state index in [0.29, 0.717) is 5.56 Å². The first-order chi connectivity index (χ1) is 11.9. The van der Waals surface area contributed by atoms with Crippen molar-refractivity contribution in [1.82, 2.24) is 15.5 Å². The van der Waals surface area contributed by atoms with Crippen molar-refractivity contribution in [3.8, 4) is 11.4 Å². The average Bonchev–Trinajstić information content (AvgIpc) is 3.09. The number of nitrogens with one attached hydrogen (secondary N) is 1. The van der Waals surface area contributed by atoms with Crippen LogP contribution >= 0.6 is 0 Å². The summed E-state index contributed by atoms with van der Waals surface area (Å²) >= 11 is 0. The minimum Gasteiger partial charge on any atom is -0.347 e. The van der Waals surface area contributed by atoms with Crippen molar-refractivity contribution in [1.29, 1.82) is 0 Å². The Balaban J connectivity index is 1.59. The summed E-state index contributed by atoms with van der Waals surface area (Å²) in [4.78, 5) is 16.2. The van der Waals surface area contributed by atoms with E-state index in [1.54, 1.807) is 0 Å². The molecule has 0 unspecified atom stereocenters. The predicted molar refractivity (Wildman–Crippen MR) is 83.2 cm³/mol. The molecule has 1 aliphatic rings. The highest BCUT2D eigenvalue weighted by molar-refractivity contribution is 5.78. The fourth-order valence-corrected chi connectivity index (χ4v) is 2.92. The van der Waals surface area contributed by atoms with Crippen LogP contribution in [0, 0.1) is 5.92 Å². The molecular weight excluding hydrogens is 335 g/mol. The summed E-state index contributed by atoms with van der Waals surface area (Å²) in [7, 11) is 0. The maximum Gasteiger partial charge on any atom is 0.416 e. The van der Waals surface area contributed by atoms with Crippen molar-refractivity contribution in [3.05, 3.63) is 35.7 Å². The summed E-state index contributed by atoms with van der Waals surface area (Å²) in [5, 5.41) is 6.53. The van der Waals surface area contributed by atoms with Gasteiger partial charge in [0, 0.05) is 11.5 Å². The van der Waals surface area contributed by atoms with Crippen molar-refractivity contribution < 1.29 is 22.5 Å². The first-order valence-corrected chi connectivity index (χ1v) is 8.21. The fourth-order valence-electron chi connectivity index (χ4n) is 2.92. The fraction of sp³-hybridized carbons (Fsp3) is 0.471. The van der Waals surface area contributed by atoms with Gasteiger partial charge in [0.05, 0.1) is 12.1 Å². The molecule has 1 amide bonds. The summed E-state index contributed by atoms with van der Waals surface area (Å²) in [5.74, 6) is 0.426. The van der Waals surface area contributed by atoms with Crippen LogP contribution in [0.2, 0.25) is 0 Å². The van der Waals surface area contributed by atoms with Gasteiger partial charge >= 0.3 is 6.18 Å². The van der Waals surface area contributed by atoms with E-state index in [2.05, 4.69) is 15.5 Å². The van der Waals surface area contributed by atoms with Crippen molar-refractivity contribution >= 4 is 5.91 Å². The van der Waals surface area contributed by atoms with Gasteiger partial charge in [0.1, 0.15) is 0 Å². The van der Waals surface area contributed by atoms with E-state index >= 15 is 0 Å².